The lowest BCUT2D eigenvalue weighted by Gasteiger charge is -2.33. The van der Waals surface area contributed by atoms with Crippen LogP contribution in [0.3, 0.4) is 0 Å². The lowest BCUT2D eigenvalue weighted by molar-refractivity contribution is 0.169. The topological polar surface area (TPSA) is 32.6 Å². The van der Waals surface area contributed by atoms with Crippen molar-refractivity contribution >= 4 is 16.3 Å². The van der Waals surface area contributed by atoms with Crippen LogP contribution < -0.4 is 5.32 Å². The number of likely N-dealkylation sites (tertiary alicyclic amines) is 1. The fourth-order valence-electron chi connectivity index (χ4n) is 2.88. The second-order valence-electron chi connectivity index (χ2n) is 7.18. The lowest BCUT2D eigenvalue weighted by Crippen LogP contribution is -2.42. The maximum atomic E-state index is 4.68. The van der Waals surface area contributed by atoms with Crippen molar-refractivity contribution < 1.29 is 0 Å². The van der Waals surface area contributed by atoms with Crippen molar-refractivity contribution in [3.8, 4) is 0 Å². The van der Waals surface area contributed by atoms with Gasteiger partial charge in [0.05, 0.1) is 5.69 Å². The Hall–Kier alpha value is -0.910. The minimum Gasteiger partial charge on any atom is -0.312 e. The molecule has 0 unspecified atom stereocenters. The molecule has 2 aromatic rings. The Bertz CT molecular complexity index is 544. The molecular weight excluding hydrogens is 280 g/mol. The molecule has 2 aromatic heterocycles. The predicted octanol–water partition coefficient (Wildman–Crippen LogP) is 3.00. The molecule has 4 nitrogen and oxygen atoms in total. The van der Waals surface area contributed by atoms with Crippen molar-refractivity contribution in [2.45, 2.75) is 45.7 Å². The Kier molecular flexibility index (Phi) is 4.33. The van der Waals surface area contributed by atoms with E-state index in [9.17, 15) is 0 Å². The van der Waals surface area contributed by atoms with Gasteiger partial charge in [0, 0.05) is 29.9 Å². The molecule has 0 saturated carbocycles. The van der Waals surface area contributed by atoms with Crippen molar-refractivity contribution in [3.63, 3.8) is 0 Å². The summed E-state index contributed by atoms with van der Waals surface area (Å²) in [7, 11) is 0. The van der Waals surface area contributed by atoms with Gasteiger partial charge in [-0.25, -0.2) is 4.98 Å². The van der Waals surface area contributed by atoms with Crippen molar-refractivity contribution in [2.75, 3.05) is 19.6 Å². The van der Waals surface area contributed by atoms with Crippen LogP contribution in [0.4, 0.5) is 0 Å². The first kappa shape index (κ1) is 15.0. The Morgan fingerprint density at radius 1 is 1.33 bits per heavy atom. The Balaban J connectivity index is 1.46. The highest BCUT2D eigenvalue weighted by molar-refractivity contribution is 7.15. The van der Waals surface area contributed by atoms with E-state index in [2.05, 4.69) is 58.1 Å². The van der Waals surface area contributed by atoms with Crippen molar-refractivity contribution in [1.29, 1.82) is 0 Å². The number of rotatable bonds is 4. The van der Waals surface area contributed by atoms with Crippen molar-refractivity contribution in [1.82, 2.24) is 19.6 Å². The first-order valence-electron chi connectivity index (χ1n) is 7.88. The van der Waals surface area contributed by atoms with Gasteiger partial charge in [0.1, 0.15) is 0 Å². The zero-order chi connectivity index (χ0) is 14.9. The van der Waals surface area contributed by atoms with Crippen LogP contribution in [-0.4, -0.2) is 39.5 Å². The van der Waals surface area contributed by atoms with Crippen LogP contribution >= 0.6 is 11.3 Å². The lowest BCUT2D eigenvalue weighted by atomic mass is 9.95. The Labute approximate surface area is 131 Å². The quantitative estimate of drug-likeness (QED) is 0.942. The number of aromatic nitrogens is 2. The summed E-state index contributed by atoms with van der Waals surface area (Å²) in [6, 6.07) is 0. The third kappa shape index (κ3) is 4.05. The fraction of sp³-hybridized carbons (Fsp3) is 0.688. The molecule has 0 bridgehead atoms. The smallest absolute Gasteiger partial charge is 0.193 e. The number of hydrogen-bond donors (Lipinski definition) is 1. The minimum absolute atomic E-state index is 0.235. The average Bonchev–Trinajstić information content (AvgIpc) is 2.98. The van der Waals surface area contributed by atoms with Crippen LogP contribution in [-0.2, 0) is 6.54 Å². The second kappa shape index (κ2) is 6.07. The molecule has 0 spiro atoms. The summed E-state index contributed by atoms with van der Waals surface area (Å²) in [4.78, 5) is 8.33. The molecule has 1 aliphatic heterocycles. The largest absolute Gasteiger partial charge is 0.312 e. The van der Waals surface area contributed by atoms with Crippen molar-refractivity contribution in [2.24, 2.45) is 5.92 Å². The van der Waals surface area contributed by atoms with Crippen LogP contribution in [0, 0.1) is 5.92 Å². The number of imidazole rings is 1. The molecule has 21 heavy (non-hydrogen) atoms. The molecule has 1 aliphatic rings. The van der Waals surface area contributed by atoms with Gasteiger partial charge in [-0.1, -0.05) is 0 Å². The molecule has 3 rings (SSSR count). The number of thiazole rings is 1. The monoisotopic (exact) mass is 306 g/mol. The molecule has 0 aromatic carbocycles. The summed E-state index contributed by atoms with van der Waals surface area (Å²) in [5.41, 5.74) is 1.44. The second-order valence-corrected chi connectivity index (χ2v) is 8.05. The number of nitrogens with one attached hydrogen (secondary N) is 1. The van der Waals surface area contributed by atoms with E-state index >= 15 is 0 Å². The van der Waals surface area contributed by atoms with Crippen molar-refractivity contribution in [3.05, 3.63) is 23.5 Å². The molecule has 1 saturated heterocycles. The van der Waals surface area contributed by atoms with Gasteiger partial charge in [-0.2, -0.15) is 0 Å². The molecule has 0 amide bonds. The summed E-state index contributed by atoms with van der Waals surface area (Å²) in [6.07, 6.45) is 6.84. The summed E-state index contributed by atoms with van der Waals surface area (Å²) >= 11 is 1.70. The standard InChI is InChI=1S/C16H26N4S/c1-16(2,3)17-10-13-4-6-19(7-5-13)11-14-12-20-8-9-21-15(20)18-14/h8-9,12-13,17H,4-7,10-11H2,1-3H3. The van der Waals surface area contributed by atoms with E-state index in [1.807, 2.05) is 0 Å². The molecule has 116 valence electrons. The van der Waals surface area contributed by atoms with Gasteiger partial charge >= 0.3 is 0 Å². The highest BCUT2D eigenvalue weighted by atomic mass is 32.1. The third-order valence-electron chi connectivity index (χ3n) is 4.16. The molecule has 5 heteroatoms. The van der Waals surface area contributed by atoms with Gasteiger partial charge in [0.15, 0.2) is 4.96 Å². The van der Waals surface area contributed by atoms with E-state index < -0.39 is 0 Å². The Morgan fingerprint density at radius 3 is 2.76 bits per heavy atom. The van der Waals surface area contributed by atoms with E-state index in [-0.39, 0.29) is 5.54 Å². The maximum Gasteiger partial charge on any atom is 0.193 e. The SMILES string of the molecule is CC(C)(C)NCC1CCN(Cc2cn3ccsc3n2)CC1. The molecule has 1 N–H and O–H groups in total. The van der Waals surface area contributed by atoms with Gasteiger partial charge in [0.25, 0.3) is 0 Å². The van der Waals surface area contributed by atoms with E-state index in [1.54, 1.807) is 11.3 Å². The van der Waals surface area contributed by atoms with Gasteiger partial charge in [0.2, 0.25) is 0 Å². The summed E-state index contributed by atoms with van der Waals surface area (Å²) < 4.78 is 2.13. The average molecular weight is 306 g/mol. The molecule has 3 heterocycles. The van der Waals surface area contributed by atoms with Crippen LogP contribution in [0.15, 0.2) is 17.8 Å². The molecule has 1 fully saturated rings. The zero-order valence-electron chi connectivity index (χ0n) is 13.3. The number of nitrogens with zero attached hydrogens (tertiary/aromatic N) is 3. The van der Waals surface area contributed by atoms with E-state index in [0.29, 0.717) is 0 Å². The molecular formula is C16H26N4S. The first-order chi connectivity index (χ1) is 9.99. The summed E-state index contributed by atoms with van der Waals surface area (Å²) in [6.45, 7) is 11.3. The minimum atomic E-state index is 0.235. The summed E-state index contributed by atoms with van der Waals surface area (Å²) in [5.74, 6) is 0.825. The van der Waals surface area contributed by atoms with Gasteiger partial charge in [-0.05, 0) is 59.2 Å². The van der Waals surface area contributed by atoms with Gasteiger partial charge in [-0.3, -0.25) is 9.30 Å². The van der Waals surface area contributed by atoms with E-state index in [0.717, 1.165) is 24.0 Å². The normalized spacial score (nSPS) is 18.6. The van der Waals surface area contributed by atoms with Crippen LogP contribution in [0.5, 0.6) is 0 Å². The highest BCUT2D eigenvalue weighted by Crippen LogP contribution is 2.20. The highest BCUT2D eigenvalue weighted by Gasteiger charge is 2.21. The summed E-state index contributed by atoms with van der Waals surface area (Å²) in [5, 5.41) is 5.72. The first-order valence-corrected chi connectivity index (χ1v) is 8.76. The number of piperidine rings is 1. The predicted molar refractivity (Wildman–Crippen MR) is 88.8 cm³/mol. The Morgan fingerprint density at radius 2 is 2.10 bits per heavy atom. The number of hydrogen-bond acceptors (Lipinski definition) is 4. The van der Waals surface area contributed by atoms with Crippen LogP contribution in [0.25, 0.3) is 4.96 Å². The molecule has 0 atom stereocenters. The van der Waals surface area contributed by atoms with Gasteiger partial charge < -0.3 is 5.32 Å². The number of fused-ring (bicyclic) bond motifs is 1. The fourth-order valence-corrected chi connectivity index (χ4v) is 3.60. The van der Waals surface area contributed by atoms with Gasteiger partial charge in [-0.15, -0.1) is 11.3 Å². The maximum absolute atomic E-state index is 4.68. The van der Waals surface area contributed by atoms with Crippen LogP contribution in [0.1, 0.15) is 39.3 Å². The van der Waals surface area contributed by atoms with E-state index in [1.165, 1.54) is 31.6 Å². The zero-order valence-corrected chi connectivity index (χ0v) is 14.1. The van der Waals surface area contributed by atoms with E-state index in [4.69, 9.17) is 0 Å². The molecule has 0 aliphatic carbocycles. The molecule has 0 radical (unpaired) electrons. The third-order valence-corrected chi connectivity index (χ3v) is 4.93. The van der Waals surface area contributed by atoms with Crippen LogP contribution in [0.2, 0.25) is 0 Å².